The Bertz CT molecular complexity index is 1120. The Hall–Kier alpha value is -3.32. The number of aromatic nitrogens is 1. The minimum Gasteiger partial charge on any atom is -0.298 e. The summed E-state index contributed by atoms with van der Waals surface area (Å²) >= 11 is 1.40. The Morgan fingerprint density at radius 3 is 2.45 bits per heavy atom. The maximum atomic E-state index is 12.8. The number of nitrogens with zero attached hydrogens (tertiary/aromatic N) is 2. The van der Waals surface area contributed by atoms with Gasteiger partial charge in [0.05, 0.1) is 27.7 Å². The minimum atomic E-state index is -0.330. The van der Waals surface area contributed by atoms with Crippen molar-refractivity contribution in [2.24, 2.45) is 11.8 Å². The highest BCUT2D eigenvalue weighted by atomic mass is 32.1. The van der Waals surface area contributed by atoms with E-state index in [-0.39, 0.29) is 29.6 Å². The minimum absolute atomic E-state index is 0.187. The average molecular weight is 403 g/mol. The number of para-hydroxylation sites is 1. The van der Waals surface area contributed by atoms with Crippen molar-refractivity contribution in [3.8, 4) is 0 Å². The van der Waals surface area contributed by atoms with Crippen LogP contribution in [0.15, 0.2) is 60.7 Å². The maximum Gasteiger partial charge on any atom is 0.257 e. The van der Waals surface area contributed by atoms with Crippen molar-refractivity contribution < 1.29 is 14.4 Å². The molecule has 1 fully saturated rings. The fourth-order valence-electron chi connectivity index (χ4n) is 3.94. The van der Waals surface area contributed by atoms with Gasteiger partial charge in [0, 0.05) is 5.56 Å². The summed E-state index contributed by atoms with van der Waals surface area (Å²) < 4.78 is 0.987. The monoisotopic (exact) mass is 403 g/mol. The van der Waals surface area contributed by atoms with Gasteiger partial charge in [0.25, 0.3) is 5.91 Å². The molecule has 1 aliphatic heterocycles. The molecule has 144 valence electrons. The topological polar surface area (TPSA) is 79.4 Å². The summed E-state index contributed by atoms with van der Waals surface area (Å²) in [5, 5.41) is 3.31. The molecule has 0 spiro atoms. The molecule has 0 radical (unpaired) electrons. The van der Waals surface area contributed by atoms with E-state index >= 15 is 0 Å². The fraction of sp³-hybridized carbons (Fsp3) is 0.182. The number of thiazole rings is 1. The summed E-state index contributed by atoms with van der Waals surface area (Å²) in [5.74, 6) is -1.30. The van der Waals surface area contributed by atoms with Gasteiger partial charge in [0.1, 0.15) is 0 Å². The van der Waals surface area contributed by atoms with Crippen LogP contribution in [0, 0.1) is 11.8 Å². The summed E-state index contributed by atoms with van der Waals surface area (Å²) in [6, 6.07) is 14.3. The number of amides is 3. The largest absolute Gasteiger partial charge is 0.298 e. The third-order valence-electron chi connectivity index (χ3n) is 5.39. The number of carbonyl (C=O) groups is 3. The molecule has 3 amide bonds. The highest BCUT2D eigenvalue weighted by Crippen LogP contribution is 2.37. The normalized spacial score (nSPS) is 20.9. The van der Waals surface area contributed by atoms with Gasteiger partial charge >= 0.3 is 0 Å². The molecule has 1 saturated heterocycles. The first kappa shape index (κ1) is 17.8. The zero-order chi connectivity index (χ0) is 20.0. The third kappa shape index (κ3) is 3.03. The van der Waals surface area contributed by atoms with Crippen molar-refractivity contribution in [1.29, 1.82) is 0 Å². The molecule has 1 aromatic heterocycles. The molecule has 2 unspecified atom stereocenters. The van der Waals surface area contributed by atoms with Crippen molar-refractivity contribution in [1.82, 2.24) is 4.98 Å². The van der Waals surface area contributed by atoms with Gasteiger partial charge in [-0.15, -0.1) is 0 Å². The van der Waals surface area contributed by atoms with Crippen LogP contribution < -0.4 is 10.2 Å². The molecule has 0 bridgehead atoms. The van der Waals surface area contributed by atoms with E-state index in [1.807, 2.05) is 36.4 Å². The smallest absolute Gasteiger partial charge is 0.257 e. The number of nitrogens with one attached hydrogen (secondary N) is 1. The number of rotatable bonds is 3. The van der Waals surface area contributed by atoms with Gasteiger partial charge in [0.15, 0.2) is 5.13 Å². The quantitative estimate of drug-likeness (QED) is 0.529. The molecule has 7 heteroatoms. The van der Waals surface area contributed by atoms with Gasteiger partial charge in [-0.1, -0.05) is 41.7 Å². The van der Waals surface area contributed by atoms with E-state index in [4.69, 9.17) is 0 Å². The lowest BCUT2D eigenvalue weighted by Gasteiger charge is -2.15. The van der Waals surface area contributed by atoms with E-state index in [2.05, 4.69) is 10.3 Å². The van der Waals surface area contributed by atoms with Gasteiger partial charge in [0.2, 0.25) is 11.8 Å². The van der Waals surface area contributed by atoms with Crippen LogP contribution in [-0.4, -0.2) is 22.7 Å². The molecule has 2 heterocycles. The van der Waals surface area contributed by atoms with Crippen LogP contribution >= 0.6 is 11.3 Å². The van der Waals surface area contributed by atoms with Crippen LogP contribution in [0.5, 0.6) is 0 Å². The Morgan fingerprint density at radius 2 is 1.72 bits per heavy atom. The second-order valence-corrected chi connectivity index (χ2v) is 8.19. The lowest BCUT2D eigenvalue weighted by atomic mass is 9.85. The first-order valence-corrected chi connectivity index (χ1v) is 10.2. The fourth-order valence-corrected chi connectivity index (χ4v) is 4.80. The number of allylic oxidation sites excluding steroid dienone is 2. The summed E-state index contributed by atoms with van der Waals surface area (Å²) in [4.78, 5) is 43.9. The van der Waals surface area contributed by atoms with Crippen LogP contribution in [0.3, 0.4) is 0 Å². The molecule has 0 saturated carbocycles. The molecular formula is C22H17N3O3S. The van der Waals surface area contributed by atoms with Gasteiger partial charge in [-0.25, -0.2) is 4.98 Å². The number of hydrogen-bond donors (Lipinski definition) is 1. The van der Waals surface area contributed by atoms with E-state index < -0.39 is 0 Å². The first-order chi connectivity index (χ1) is 14.1. The van der Waals surface area contributed by atoms with Crippen LogP contribution in [-0.2, 0) is 9.59 Å². The lowest BCUT2D eigenvalue weighted by molar-refractivity contribution is -0.122. The molecule has 29 heavy (non-hydrogen) atoms. The molecule has 2 aromatic carbocycles. The Labute approximate surface area is 170 Å². The van der Waals surface area contributed by atoms with E-state index in [0.717, 1.165) is 10.2 Å². The molecule has 2 aliphatic rings. The molecule has 1 N–H and O–H groups in total. The number of fused-ring (bicyclic) bond motifs is 2. The highest BCUT2D eigenvalue weighted by molar-refractivity contribution is 7.22. The van der Waals surface area contributed by atoms with Crippen LogP contribution in [0.4, 0.5) is 10.8 Å². The molecular weight excluding hydrogens is 386 g/mol. The van der Waals surface area contributed by atoms with E-state index in [0.29, 0.717) is 29.2 Å². The summed E-state index contributed by atoms with van der Waals surface area (Å²) in [6.07, 6.45) is 5.09. The molecule has 5 rings (SSSR count). The summed E-state index contributed by atoms with van der Waals surface area (Å²) in [6.45, 7) is 0. The van der Waals surface area contributed by atoms with Crippen molar-refractivity contribution in [2.45, 2.75) is 12.8 Å². The van der Waals surface area contributed by atoms with Crippen LogP contribution in [0.1, 0.15) is 23.2 Å². The van der Waals surface area contributed by atoms with Gasteiger partial charge in [-0.2, -0.15) is 0 Å². The molecule has 6 nitrogen and oxygen atoms in total. The Morgan fingerprint density at radius 1 is 1.00 bits per heavy atom. The number of hydrogen-bond acceptors (Lipinski definition) is 5. The molecule has 2 atom stereocenters. The summed E-state index contributed by atoms with van der Waals surface area (Å²) in [5.41, 5.74) is 1.63. The zero-order valence-corrected chi connectivity index (χ0v) is 16.2. The third-order valence-corrected chi connectivity index (χ3v) is 6.34. The second-order valence-electron chi connectivity index (χ2n) is 7.16. The van der Waals surface area contributed by atoms with Crippen LogP contribution in [0.25, 0.3) is 10.2 Å². The van der Waals surface area contributed by atoms with Gasteiger partial charge in [-0.05, 0) is 43.2 Å². The Balaban J connectivity index is 1.40. The van der Waals surface area contributed by atoms with Gasteiger partial charge in [-0.3, -0.25) is 24.6 Å². The SMILES string of the molecule is O=C(Nc1nc2ccccc2s1)c1cccc(N2C(=O)C3CC=CCC3C2=O)c1. The van der Waals surface area contributed by atoms with Crippen molar-refractivity contribution in [2.75, 3.05) is 10.2 Å². The Kier molecular flexibility index (Phi) is 4.24. The number of benzene rings is 2. The zero-order valence-electron chi connectivity index (χ0n) is 15.4. The number of carbonyl (C=O) groups excluding carboxylic acids is 3. The van der Waals surface area contributed by atoms with E-state index in [9.17, 15) is 14.4 Å². The van der Waals surface area contributed by atoms with Crippen molar-refractivity contribution in [3.63, 3.8) is 0 Å². The number of imide groups is 1. The van der Waals surface area contributed by atoms with E-state index in [1.54, 1.807) is 24.3 Å². The van der Waals surface area contributed by atoms with Crippen LogP contribution in [0.2, 0.25) is 0 Å². The lowest BCUT2D eigenvalue weighted by Crippen LogP contribution is -2.31. The summed E-state index contributed by atoms with van der Waals surface area (Å²) in [7, 11) is 0. The first-order valence-electron chi connectivity index (χ1n) is 9.41. The number of anilines is 2. The highest BCUT2D eigenvalue weighted by Gasteiger charge is 2.47. The predicted octanol–water partition coefficient (Wildman–Crippen LogP) is 4.00. The van der Waals surface area contributed by atoms with Gasteiger partial charge < -0.3 is 0 Å². The van der Waals surface area contributed by atoms with E-state index in [1.165, 1.54) is 16.2 Å². The predicted molar refractivity (Wildman–Crippen MR) is 112 cm³/mol. The second kappa shape index (κ2) is 6.93. The standard InChI is InChI=1S/C22H17N3O3S/c26-19(24-22-23-17-10-3-4-11-18(17)29-22)13-6-5-7-14(12-13)25-20(27)15-8-1-2-9-16(15)21(25)28/h1-7,10-12,15-16H,8-9H2,(H,23,24,26). The maximum absolute atomic E-state index is 12.8. The average Bonchev–Trinajstić information content (AvgIpc) is 3.26. The molecule has 3 aromatic rings. The van der Waals surface area contributed by atoms with Crippen molar-refractivity contribution >= 4 is 50.1 Å². The van der Waals surface area contributed by atoms with Crippen molar-refractivity contribution in [3.05, 3.63) is 66.2 Å². The molecule has 1 aliphatic carbocycles.